The number of benzene rings is 3. The summed E-state index contributed by atoms with van der Waals surface area (Å²) in [6.45, 7) is 4.38. The van der Waals surface area contributed by atoms with E-state index in [1.54, 1.807) is 4.90 Å². The number of non-ortho nitro benzene ring substituents is 1. The lowest BCUT2D eigenvalue weighted by Gasteiger charge is -2.24. The van der Waals surface area contributed by atoms with E-state index in [4.69, 9.17) is 9.51 Å². The molecular weight excluding hydrogens is 522 g/mol. The van der Waals surface area contributed by atoms with Crippen LogP contribution in [0.25, 0.3) is 33.1 Å². The lowest BCUT2D eigenvalue weighted by molar-refractivity contribution is -0.384. The maximum Gasteiger partial charge on any atom is 0.321 e. The molecule has 1 fully saturated rings. The normalized spacial score (nSPS) is 13.9. The largest absolute Gasteiger partial charge is 0.354 e. The number of rotatable bonds is 6. The van der Waals surface area contributed by atoms with Crippen molar-refractivity contribution in [3.63, 3.8) is 0 Å². The zero-order valence-electron chi connectivity index (χ0n) is 22.6. The van der Waals surface area contributed by atoms with E-state index >= 15 is 0 Å². The van der Waals surface area contributed by atoms with Gasteiger partial charge in [-0.1, -0.05) is 48.5 Å². The van der Waals surface area contributed by atoms with Crippen LogP contribution >= 0.6 is 0 Å². The van der Waals surface area contributed by atoms with Crippen LogP contribution in [0.2, 0.25) is 0 Å². The van der Waals surface area contributed by atoms with Gasteiger partial charge in [-0.3, -0.25) is 10.1 Å². The Hall–Kier alpha value is -5.06. The van der Waals surface area contributed by atoms with Crippen LogP contribution in [0, 0.1) is 10.1 Å². The number of carbonyl (C=O) groups excluding carboxylic acids is 1. The van der Waals surface area contributed by atoms with Gasteiger partial charge < -0.3 is 19.6 Å². The number of nitrogens with zero attached hydrogens (tertiary/aromatic N) is 6. The summed E-state index contributed by atoms with van der Waals surface area (Å²) in [5, 5.41) is 21.2. The van der Waals surface area contributed by atoms with Crippen molar-refractivity contribution in [2.45, 2.75) is 26.2 Å². The molecule has 0 saturated carbocycles. The first-order valence-corrected chi connectivity index (χ1v) is 13.7. The molecule has 3 aromatic carbocycles. The smallest absolute Gasteiger partial charge is 0.321 e. The molecule has 11 nitrogen and oxygen atoms in total. The Labute approximate surface area is 235 Å². The Kier molecular flexibility index (Phi) is 7.15. The maximum atomic E-state index is 13.1. The van der Waals surface area contributed by atoms with E-state index in [0.29, 0.717) is 55.5 Å². The van der Waals surface area contributed by atoms with Crippen molar-refractivity contribution in [1.82, 2.24) is 20.0 Å². The van der Waals surface area contributed by atoms with Crippen LogP contribution in [-0.4, -0.2) is 57.2 Å². The standard InChI is InChI=1S/C30H29N7O4/c1-2-6-25-32-28(26-27(34-41-29(26)33-25)22-10-9-20-7-3-4-8-21(20)19-22)35-15-5-16-36(18-17-35)30(38)31-23-11-13-24(14-12-23)37(39)40/h3-4,7-14,19H,2,5-6,15-18H2,1H3,(H,31,38). The third-order valence-corrected chi connectivity index (χ3v) is 7.27. The summed E-state index contributed by atoms with van der Waals surface area (Å²) in [6.07, 6.45) is 2.35. The van der Waals surface area contributed by atoms with Crippen molar-refractivity contribution in [2.75, 3.05) is 36.4 Å². The molecular formula is C30H29N7O4. The number of carbonyl (C=O) groups is 1. The van der Waals surface area contributed by atoms with Crippen molar-refractivity contribution in [1.29, 1.82) is 0 Å². The summed E-state index contributed by atoms with van der Waals surface area (Å²) >= 11 is 0. The van der Waals surface area contributed by atoms with Crippen molar-refractivity contribution in [3.8, 4) is 11.3 Å². The second-order valence-corrected chi connectivity index (χ2v) is 10.0. The number of hydrogen-bond donors (Lipinski definition) is 1. The fourth-order valence-electron chi connectivity index (χ4n) is 5.18. The number of aryl methyl sites for hydroxylation is 1. The minimum absolute atomic E-state index is 0.0242. The van der Waals surface area contributed by atoms with E-state index in [1.807, 2.05) is 18.2 Å². The van der Waals surface area contributed by atoms with Crippen LogP contribution < -0.4 is 10.2 Å². The van der Waals surface area contributed by atoms with Gasteiger partial charge in [0.15, 0.2) is 0 Å². The molecule has 5 aromatic rings. The predicted octanol–water partition coefficient (Wildman–Crippen LogP) is 6.04. The summed E-state index contributed by atoms with van der Waals surface area (Å²) in [5.41, 5.74) is 2.56. The molecule has 0 aliphatic carbocycles. The minimum Gasteiger partial charge on any atom is -0.354 e. The molecule has 0 bridgehead atoms. The van der Waals surface area contributed by atoms with Crippen LogP contribution in [0.1, 0.15) is 25.6 Å². The SMILES string of the molecule is CCCc1nc(N2CCCN(C(=O)Nc3ccc([N+](=O)[O-])cc3)CC2)c2c(-c3ccc4ccccc4c3)noc2n1. The Morgan fingerprint density at radius 1 is 1.00 bits per heavy atom. The first-order valence-electron chi connectivity index (χ1n) is 13.7. The topological polar surface area (TPSA) is 131 Å². The van der Waals surface area contributed by atoms with Crippen LogP contribution in [0.4, 0.5) is 22.0 Å². The fraction of sp³-hybridized carbons (Fsp3) is 0.267. The minimum atomic E-state index is -0.466. The van der Waals surface area contributed by atoms with Gasteiger partial charge in [0, 0.05) is 56.0 Å². The van der Waals surface area contributed by atoms with Gasteiger partial charge in [-0.05, 0) is 41.8 Å². The number of aromatic nitrogens is 3. The molecule has 2 aromatic heterocycles. The van der Waals surface area contributed by atoms with Gasteiger partial charge in [-0.2, -0.15) is 4.98 Å². The monoisotopic (exact) mass is 551 g/mol. The van der Waals surface area contributed by atoms with E-state index in [0.717, 1.165) is 40.4 Å². The van der Waals surface area contributed by atoms with Crippen LogP contribution in [0.5, 0.6) is 0 Å². The maximum absolute atomic E-state index is 13.1. The van der Waals surface area contributed by atoms with Gasteiger partial charge in [0.25, 0.3) is 11.4 Å². The molecule has 6 rings (SSSR count). The third kappa shape index (κ3) is 5.38. The van der Waals surface area contributed by atoms with E-state index in [1.165, 1.54) is 24.3 Å². The summed E-state index contributed by atoms with van der Waals surface area (Å²) < 4.78 is 5.77. The molecule has 1 N–H and O–H groups in total. The highest BCUT2D eigenvalue weighted by atomic mass is 16.6. The highest BCUT2D eigenvalue weighted by Crippen LogP contribution is 2.35. The van der Waals surface area contributed by atoms with Gasteiger partial charge in [0.2, 0.25) is 0 Å². The molecule has 1 saturated heterocycles. The fourth-order valence-corrected chi connectivity index (χ4v) is 5.18. The van der Waals surface area contributed by atoms with E-state index in [2.05, 4.69) is 51.5 Å². The predicted molar refractivity (Wildman–Crippen MR) is 157 cm³/mol. The quantitative estimate of drug-likeness (QED) is 0.200. The zero-order chi connectivity index (χ0) is 28.3. The number of nitrogens with one attached hydrogen (secondary N) is 1. The van der Waals surface area contributed by atoms with Crippen LogP contribution in [0.15, 0.2) is 71.3 Å². The molecule has 3 heterocycles. The molecule has 0 spiro atoms. The van der Waals surface area contributed by atoms with Gasteiger partial charge in [0.1, 0.15) is 22.7 Å². The number of urea groups is 1. The average molecular weight is 552 g/mol. The number of hydrogen-bond acceptors (Lipinski definition) is 8. The molecule has 11 heteroatoms. The van der Waals surface area contributed by atoms with Gasteiger partial charge >= 0.3 is 6.03 Å². The third-order valence-electron chi connectivity index (χ3n) is 7.27. The summed E-state index contributed by atoms with van der Waals surface area (Å²) in [5.74, 6) is 1.47. The molecule has 0 atom stereocenters. The van der Waals surface area contributed by atoms with Crippen molar-refractivity contribution in [3.05, 3.63) is 82.7 Å². The molecule has 41 heavy (non-hydrogen) atoms. The van der Waals surface area contributed by atoms with Crippen molar-refractivity contribution >= 4 is 45.1 Å². The van der Waals surface area contributed by atoms with Gasteiger partial charge in [0.05, 0.1) is 4.92 Å². The number of anilines is 2. The van der Waals surface area contributed by atoms with Crippen LogP contribution in [-0.2, 0) is 6.42 Å². The van der Waals surface area contributed by atoms with Crippen molar-refractivity contribution in [2.24, 2.45) is 0 Å². The Morgan fingerprint density at radius 3 is 2.59 bits per heavy atom. The van der Waals surface area contributed by atoms with Crippen LogP contribution in [0.3, 0.4) is 0 Å². The first-order chi connectivity index (χ1) is 20.0. The highest BCUT2D eigenvalue weighted by molar-refractivity contribution is 6.00. The number of nitro groups is 1. The Morgan fingerprint density at radius 2 is 1.80 bits per heavy atom. The average Bonchev–Trinajstić information content (AvgIpc) is 3.25. The number of fused-ring (bicyclic) bond motifs is 2. The number of amides is 2. The second kappa shape index (κ2) is 11.2. The zero-order valence-corrected chi connectivity index (χ0v) is 22.6. The molecule has 1 aliphatic rings. The lowest BCUT2D eigenvalue weighted by atomic mass is 10.0. The number of nitro benzene ring substituents is 1. The molecule has 0 radical (unpaired) electrons. The lowest BCUT2D eigenvalue weighted by Crippen LogP contribution is -2.38. The van der Waals surface area contributed by atoms with Gasteiger partial charge in [-0.15, -0.1) is 0 Å². The summed E-state index contributed by atoms with van der Waals surface area (Å²) in [7, 11) is 0. The van der Waals surface area contributed by atoms with E-state index in [-0.39, 0.29) is 11.7 Å². The highest BCUT2D eigenvalue weighted by Gasteiger charge is 2.26. The van der Waals surface area contributed by atoms with Gasteiger partial charge in [-0.25, -0.2) is 9.78 Å². The molecule has 2 amide bonds. The second-order valence-electron chi connectivity index (χ2n) is 10.0. The molecule has 208 valence electrons. The van der Waals surface area contributed by atoms with Crippen molar-refractivity contribution < 1.29 is 14.2 Å². The van der Waals surface area contributed by atoms with E-state index in [9.17, 15) is 14.9 Å². The first kappa shape index (κ1) is 26.2. The molecule has 0 unspecified atom stereocenters. The summed E-state index contributed by atoms with van der Waals surface area (Å²) in [6, 6.07) is 20.0. The summed E-state index contributed by atoms with van der Waals surface area (Å²) in [4.78, 5) is 37.1. The van der Waals surface area contributed by atoms with E-state index < -0.39 is 4.92 Å². The Bertz CT molecular complexity index is 1730. The Balaban J connectivity index is 1.28. The molecule has 1 aliphatic heterocycles.